The molecule has 0 saturated carbocycles. The smallest absolute Gasteiger partial charge is 0.326 e. The Kier molecular flexibility index (Phi) is 7.67. The molecule has 0 saturated heterocycles. The third kappa shape index (κ3) is 5.70. The number of ether oxygens (including phenoxy) is 2. The van der Waals surface area contributed by atoms with E-state index in [1.807, 2.05) is 13.0 Å². The van der Waals surface area contributed by atoms with Gasteiger partial charge in [0, 0.05) is 6.54 Å². The van der Waals surface area contributed by atoms with Gasteiger partial charge in [-0.3, -0.25) is 9.69 Å². The van der Waals surface area contributed by atoms with Crippen molar-refractivity contribution in [3.05, 3.63) is 24.3 Å². The second-order valence-corrected chi connectivity index (χ2v) is 4.09. The second-order valence-electron chi connectivity index (χ2n) is 4.09. The molecule has 7 nitrogen and oxygen atoms in total. The van der Waals surface area contributed by atoms with Gasteiger partial charge in [0.1, 0.15) is 0 Å². The Morgan fingerprint density at radius 1 is 1.33 bits per heavy atom. The zero-order chi connectivity index (χ0) is 15.5. The average Bonchev–Trinajstić information content (AvgIpc) is 2.50. The minimum absolute atomic E-state index is 0.0596. The molecule has 0 radical (unpaired) electrons. The number of carbonyl (C=O) groups is 2. The normalized spacial score (nSPS) is 9.81. The number of nitrogens with two attached hydrogens (primary N) is 1. The van der Waals surface area contributed by atoms with Gasteiger partial charge < -0.3 is 20.5 Å². The summed E-state index contributed by atoms with van der Waals surface area (Å²) in [5.41, 5.74) is 5.34. The standard InChI is InChI=1S/C14H21N3O4/c1-2-20-12-6-3-4-7-13(12)21-10-16-14(19)17(11-18)9-5-8-15/h3-4,6-7,11H,2,5,8-10,15H2,1H3,(H,16,19). The molecular weight excluding hydrogens is 274 g/mol. The monoisotopic (exact) mass is 295 g/mol. The highest BCUT2D eigenvalue weighted by molar-refractivity contribution is 5.84. The van der Waals surface area contributed by atoms with Gasteiger partial charge >= 0.3 is 6.03 Å². The van der Waals surface area contributed by atoms with Crippen molar-refractivity contribution in [3.63, 3.8) is 0 Å². The number of nitrogens with one attached hydrogen (secondary N) is 1. The molecule has 0 unspecified atom stereocenters. The molecule has 0 aliphatic carbocycles. The van der Waals surface area contributed by atoms with Gasteiger partial charge in [-0.1, -0.05) is 12.1 Å². The van der Waals surface area contributed by atoms with Gasteiger partial charge in [0.15, 0.2) is 18.2 Å². The Balaban J connectivity index is 2.45. The first-order chi connectivity index (χ1) is 10.2. The van der Waals surface area contributed by atoms with E-state index in [0.717, 1.165) is 4.90 Å². The maximum Gasteiger partial charge on any atom is 0.326 e. The summed E-state index contributed by atoms with van der Waals surface area (Å²) in [6, 6.07) is 6.63. The first kappa shape index (κ1) is 16.8. The van der Waals surface area contributed by atoms with Crippen molar-refractivity contribution in [3.8, 4) is 11.5 Å². The summed E-state index contributed by atoms with van der Waals surface area (Å²) in [4.78, 5) is 23.5. The van der Waals surface area contributed by atoms with E-state index in [1.54, 1.807) is 18.2 Å². The summed E-state index contributed by atoms with van der Waals surface area (Å²) in [5, 5.41) is 2.50. The minimum atomic E-state index is -0.521. The zero-order valence-corrected chi connectivity index (χ0v) is 12.1. The summed E-state index contributed by atoms with van der Waals surface area (Å²) in [7, 11) is 0. The Hall–Kier alpha value is -2.28. The van der Waals surface area contributed by atoms with Crippen LogP contribution in [0, 0.1) is 0 Å². The van der Waals surface area contributed by atoms with E-state index in [9.17, 15) is 9.59 Å². The number of hydrogen-bond donors (Lipinski definition) is 2. The molecule has 21 heavy (non-hydrogen) atoms. The molecule has 1 rings (SSSR count). The number of amides is 3. The summed E-state index contributed by atoms with van der Waals surface area (Å²) in [6.45, 7) is 3.02. The molecular formula is C14H21N3O4. The molecule has 116 valence electrons. The fraction of sp³-hybridized carbons (Fsp3) is 0.429. The van der Waals surface area contributed by atoms with E-state index in [1.165, 1.54) is 0 Å². The van der Waals surface area contributed by atoms with Gasteiger partial charge in [-0.25, -0.2) is 4.79 Å². The SMILES string of the molecule is CCOc1ccccc1OCNC(=O)N(C=O)CCCN. The maximum atomic E-state index is 11.7. The highest BCUT2D eigenvalue weighted by atomic mass is 16.5. The highest BCUT2D eigenvalue weighted by Gasteiger charge is 2.11. The van der Waals surface area contributed by atoms with Crippen molar-refractivity contribution in [1.29, 1.82) is 0 Å². The van der Waals surface area contributed by atoms with Crippen LogP contribution in [-0.2, 0) is 4.79 Å². The Labute approximate surface area is 124 Å². The quantitative estimate of drug-likeness (QED) is 0.522. The summed E-state index contributed by atoms with van der Waals surface area (Å²) < 4.78 is 10.8. The Morgan fingerprint density at radius 2 is 2.00 bits per heavy atom. The topological polar surface area (TPSA) is 93.9 Å². The summed E-state index contributed by atoms with van der Waals surface area (Å²) >= 11 is 0. The largest absolute Gasteiger partial charge is 0.490 e. The molecule has 1 aromatic rings. The number of carbonyl (C=O) groups excluding carboxylic acids is 2. The van der Waals surface area contributed by atoms with Crippen LogP contribution in [0.5, 0.6) is 11.5 Å². The van der Waals surface area contributed by atoms with E-state index in [0.29, 0.717) is 37.5 Å². The number of urea groups is 1. The van der Waals surface area contributed by atoms with E-state index >= 15 is 0 Å². The lowest BCUT2D eigenvalue weighted by atomic mass is 10.3. The van der Waals surface area contributed by atoms with Crippen molar-refractivity contribution < 1.29 is 19.1 Å². The van der Waals surface area contributed by atoms with Crippen LogP contribution in [0.3, 0.4) is 0 Å². The van der Waals surface area contributed by atoms with Crippen LogP contribution in [0.2, 0.25) is 0 Å². The molecule has 1 aromatic carbocycles. The number of hydrogen-bond acceptors (Lipinski definition) is 5. The van der Waals surface area contributed by atoms with Gasteiger partial charge in [0.05, 0.1) is 6.61 Å². The second kappa shape index (κ2) is 9.60. The van der Waals surface area contributed by atoms with E-state index < -0.39 is 6.03 Å². The van der Waals surface area contributed by atoms with Crippen LogP contribution in [0.15, 0.2) is 24.3 Å². The molecule has 0 fully saturated rings. The van der Waals surface area contributed by atoms with Crippen molar-refractivity contribution in [2.45, 2.75) is 13.3 Å². The van der Waals surface area contributed by atoms with E-state index in [-0.39, 0.29) is 13.3 Å². The van der Waals surface area contributed by atoms with Crippen molar-refractivity contribution in [2.75, 3.05) is 26.4 Å². The number of imide groups is 1. The predicted octanol–water partition coefficient (Wildman–Crippen LogP) is 0.938. The highest BCUT2D eigenvalue weighted by Crippen LogP contribution is 2.25. The van der Waals surface area contributed by atoms with Gasteiger partial charge in [0.2, 0.25) is 6.41 Å². The van der Waals surface area contributed by atoms with E-state index in [4.69, 9.17) is 15.2 Å². The van der Waals surface area contributed by atoms with Crippen molar-refractivity contribution in [1.82, 2.24) is 10.2 Å². The predicted molar refractivity (Wildman–Crippen MR) is 78.1 cm³/mol. The third-order valence-corrected chi connectivity index (χ3v) is 2.59. The Bertz CT molecular complexity index is 454. The van der Waals surface area contributed by atoms with Crippen LogP contribution in [0.4, 0.5) is 4.79 Å². The number of para-hydroxylation sites is 2. The maximum absolute atomic E-state index is 11.7. The Morgan fingerprint density at radius 3 is 2.57 bits per heavy atom. The molecule has 0 aliphatic rings. The van der Waals surface area contributed by atoms with Gasteiger partial charge in [0.25, 0.3) is 0 Å². The lowest BCUT2D eigenvalue weighted by molar-refractivity contribution is -0.115. The molecule has 0 heterocycles. The number of rotatable bonds is 9. The molecule has 3 N–H and O–H groups in total. The first-order valence-corrected chi connectivity index (χ1v) is 6.77. The first-order valence-electron chi connectivity index (χ1n) is 6.77. The van der Waals surface area contributed by atoms with Crippen LogP contribution in [0.1, 0.15) is 13.3 Å². The fourth-order valence-corrected chi connectivity index (χ4v) is 1.59. The van der Waals surface area contributed by atoms with E-state index in [2.05, 4.69) is 5.32 Å². The van der Waals surface area contributed by atoms with Crippen molar-refractivity contribution >= 4 is 12.4 Å². The van der Waals surface area contributed by atoms with Gasteiger partial charge in [-0.05, 0) is 32.0 Å². The molecule has 3 amide bonds. The van der Waals surface area contributed by atoms with Gasteiger partial charge in [-0.2, -0.15) is 0 Å². The third-order valence-electron chi connectivity index (χ3n) is 2.59. The fourth-order valence-electron chi connectivity index (χ4n) is 1.59. The molecule has 0 aromatic heterocycles. The van der Waals surface area contributed by atoms with Crippen LogP contribution in [-0.4, -0.2) is 43.8 Å². The summed E-state index contributed by atoms with van der Waals surface area (Å²) in [6.07, 6.45) is 1.03. The van der Waals surface area contributed by atoms with Crippen molar-refractivity contribution in [2.24, 2.45) is 5.73 Å². The summed E-state index contributed by atoms with van der Waals surface area (Å²) in [5.74, 6) is 1.13. The molecule has 0 aliphatic heterocycles. The lowest BCUT2D eigenvalue weighted by Crippen LogP contribution is -2.41. The van der Waals surface area contributed by atoms with Crippen LogP contribution >= 0.6 is 0 Å². The molecule has 0 atom stereocenters. The van der Waals surface area contributed by atoms with Crippen LogP contribution < -0.4 is 20.5 Å². The number of benzene rings is 1. The molecule has 7 heteroatoms. The minimum Gasteiger partial charge on any atom is -0.490 e. The zero-order valence-electron chi connectivity index (χ0n) is 12.1. The van der Waals surface area contributed by atoms with Gasteiger partial charge in [-0.15, -0.1) is 0 Å². The average molecular weight is 295 g/mol. The van der Waals surface area contributed by atoms with Crippen LogP contribution in [0.25, 0.3) is 0 Å². The molecule has 0 spiro atoms. The molecule has 0 bridgehead atoms. The number of nitrogens with zero attached hydrogens (tertiary/aromatic N) is 1. The lowest BCUT2D eigenvalue weighted by Gasteiger charge is -2.17.